The number of pyridine rings is 1. The molecule has 1 amide bonds. The summed E-state index contributed by atoms with van der Waals surface area (Å²) in [5.41, 5.74) is 8.97. The highest BCUT2D eigenvalue weighted by Crippen LogP contribution is 2.34. The molecule has 10 heteroatoms. The smallest absolute Gasteiger partial charge is 0.277 e. The maximum absolute atomic E-state index is 13.5. The Kier molecular flexibility index (Phi) is 4.68. The number of halogens is 2. The molecule has 0 saturated carbocycles. The number of hydrogen-bond acceptors (Lipinski definition) is 5. The zero-order valence-corrected chi connectivity index (χ0v) is 17.9. The third kappa shape index (κ3) is 3.34. The van der Waals surface area contributed by atoms with E-state index in [0.717, 1.165) is 5.56 Å². The van der Waals surface area contributed by atoms with Gasteiger partial charge in [0.05, 0.1) is 39.7 Å². The Balaban J connectivity index is 1.54. The van der Waals surface area contributed by atoms with Crippen molar-refractivity contribution >= 4 is 40.6 Å². The lowest BCUT2D eigenvalue weighted by molar-refractivity contribution is 0.0954. The molecule has 0 fully saturated rings. The van der Waals surface area contributed by atoms with Crippen LogP contribution in [0.4, 0.5) is 11.5 Å². The van der Waals surface area contributed by atoms with Crippen molar-refractivity contribution in [2.75, 3.05) is 17.2 Å². The zero-order chi connectivity index (χ0) is 21.7. The Hall–Kier alpha value is -3.36. The summed E-state index contributed by atoms with van der Waals surface area (Å²) < 4.78 is 1.75. The molecular weight excluding hydrogens is 437 g/mol. The Morgan fingerprint density at radius 1 is 1.10 bits per heavy atom. The Morgan fingerprint density at radius 2 is 1.94 bits per heavy atom. The molecule has 1 atom stereocenters. The fourth-order valence-corrected chi connectivity index (χ4v) is 3.98. The van der Waals surface area contributed by atoms with Crippen LogP contribution in [0.3, 0.4) is 0 Å². The minimum Gasteiger partial charge on any atom is -0.384 e. The van der Waals surface area contributed by atoms with E-state index in [1.54, 1.807) is 52.4 Å². The number of anilines is 2. The Bertz CT molecular complexity index is 1300. The summed E-state index contributed by atoms with van der Waals surface area (Å²) >= 11 is 12.2. The number of nitrogens with zero attached hydrogens (tertiary/aromatic N) is 5. The van der Waals surface area contributed by atoms with E-state index in [1.807, 2.05) is 13.0 Å². The number of benzene rings is 1. The first-order valence-corrected chi connectivity index (χ1v) is 10.3. The lowest BCUT2D eigenvalue weighted by Gasteiger charge is -2.32. The molecule has 1 aliphatic rings. The van der Waals surface area contributed by atoms with Crippen molar-refractivity contribution in [1.29, 1.82) is 0 Å². The molecule has 0 radical (unpaired) electrons. The highest BCUT2D eigenvalue weighted by atomic mass is 35.5. The third-order valence-corrected chi connectivity index (χ3v) is 5.99. The molecule has 4 aromatic rings. The second-order valence-electron chi connectivity index (χ2n) is 7.33. The SMILES string of the molecule is CC1CN(c2ccc(Cl)c(Cl)c2)C(=O)c2c(-c3cnc(-c4ccc(N)nc4)[nH]3)cnn21. The molecule has 156 valence electrons. The van der Waals surface area contributed by atoms with Gasteiger partial charge in [-0.25, -0.2) is 9.97 Å². The van der Waals surface area contributed by atoms with Crippen molar-refractivity contribution in [1.82, 2.24) is 24.7 Å². The molecule has 0 saturated heterocycles. The van der Waals surface area contributed by atoms with E-state index < -0.39 is 0 Å². The molecule has 3 N–H and O–H groups in total. The van der Waals surface area contributed by atoms with Crippen molar-refractivity contribution in [3.05, 3.63) is 64.7 Å². The maximum atomic E-state index is 13.5. The van der Waals surface area contributed by atoms with Gasteiger partial charge in [-0.05, 0) is 37.3 Å². The van der Waals surface area contributed by atoms with Gasteiger partial charge in [0.25, 0.3) is 5.91 Å². The van der Waals surface area contributed by atoms with E-state index in [0.29, 0.717) is 50.9 Å². The standard InChI is InChI=1S/C21H17Cl2N7O/c1-11-10-29(13-3-4-15(22)16(23)6-13)21(31)19-14(8-27-30(11)19)17-9-26-20(28-17)12-2-5-18(24)25-7-12/h2-9,11H,10H2,1H3,(H2,24,25)(H,26,28). The monoisotopic (exact) mass is 453 g/mol. The number of imidazole rings is 1. The summed E-state index contributed by atoms with van der Waals surface area (Å²) in [7, 11) is 0. The van der Waals surface area contributed by atoms with Gasteiger partial charge in [0.15, 0.2) is 0 Å². The number of carbonyl (C=O) groups excluding carboxylic acids is 1. The number of aromatic amines is 1. The Labute approximate surface area is 187 Å². The van der Waals surface area contributed by atoms with Gasteiger partial charge < -0.3 is 15.6 Å². The van der Waals surface area contributed by atoms with Gasteiger partial charge in [-0.1, -0.05) is 23.2 Å². The van der Waals surface area contributed by atoms with Gasteiger partial charge in [-0.15, -0.1) is 0 Å². The van der Waals surface area contributed by atoms with Crippen LogP contribution in [0, 0.1) is 0 Å². The maximum Gasteiger partial charge on any atom is 0.277 e. The number of rotatable bonds is 3. The van der Waals surface area contributed by atoms with Crippen LogP contribution >= 0.6 is 23.2 Å². The minimum atomic E-state index is -0.172. The number of nitrogen functional groups attached to an aromatic ring is 1. The van der Waals surface area contributed by atoms with Crippen LogP contribution in [0.2, 0.25) is 10.0 Å². The molecule has 4 heterocycles. The third-order valence-electron chi connectivity index (χ3n) is 5.25. The van der Waals surface area contributed by atoms with Gasteiger partial charge in [-0.2, -0.15) is 5.10 Å². The van der Waals surface area contributed by atoms with Gasteiger partial charge in [0, 0.05) is 24.0 Å². The number of nitrogens with two attached hydrogens (primary N) is 1. The molecule has 0 spiro atoms. The molecule has 3 aromatic heterocycles. The first-order chi connectivity index (χ1) is 14.9. The van der Waals surface area contributed by atoms with E-state index >= 15 is 0 Å². The molecule has 1 unspecified atom stereocenters. The molecular formula is C21H17Cl2N7O. The highest BCUT2D eigenvalue weighted by Gasteiger charge is 2.34. The van der Waals surface area contributed by atoms with Crippen molar-refractivity contribution in [3.63, 3.8) is 0 Å². The number of aromatic nitrogens is 5. The average Bonchev–Trinajstić information content (AvgIpc) is 3.41. The second-order valence-corrected chi connectivity index (χ2v) is 8.15. The minimum absolute atomic E-state index is 0.0282. The fourth-order valence-electron chi connectivity index (χ4n) is 3.68. The predicted molar refractivity (Wildman–Crippen MR) is 120 cm³/mol. The van der Waals surface area contributed by atoms with Crippen LogP contribution in [0.1, 0.15) is 23.5 Å². The van der Waals surface area contributed by atoms with Gasteiger partial charge in [-0.3, -0.25) is 9.48 Å². The topological polar surface area (TPSA) is 106 Å². The Morgan fingerprint density at radius 3 is 2.68 bits per heavy atom. The number of fused-ring (bicyclic) bond motifs is 1. The lowest BCUT2D eigenvalue weighted by Crippen LogP contribution is -2.42. The second kappa shape index (κ2) is 7.40. The van der Waals surface area contributed by atoms with Crippen LogP contribution in [-0.2, 0) is 0 Å². The number of nitrogens with one attached hydrogen (secondary N) is 1. The average molecular weight is 454 g/mol. The summed E-state index contributed by atoms with van der Waals surface area (Å²) in [6.07, 6.45) is 5.00. The number of hydrogen-bond donors (Lipinski definition) is 2. The molecule has 8 nitrogen and oxygen atoms in total. The lowest BCUT2D eigenvalue weighted by atomic mass is 10.1. The molecule has 31 heavy (non-hydrogen) atoms. The number of carbonyl (C=O) groups is 1. The van der Waals surface area contributed by atoms with Crippen LogP contribution in [-0.4, -0.2) is 37.2 Å². The molecule has 0 aliphatic carbocycles. The molecule has 1 aromatic carbocycles. The quantitative estimate of drug-likeness (QED) is 0.476. The van der Waals surface area contributed by atoms with Crippen molar-refractivity contribution in [3.8, 4) is 22.6 Å². The molecule has 5 rings (SSSR count). The first kappa shape index (κ1) is 19.6. The number of H-pyrrole nitrogens is 1. The number of amides is 1. The molecule has 0 bridgehead atoms. The van der Waals surface area contributed by atoms with Crippen molar-refractivity contribution in [2.24, 2.45) is 0 Å². The van der Waals surface area contributed by atoms with Gasteiger partial charge in [0.2, 0.25) is 0 Å². The van der Waals surface area contributed by atoms with E-state index in [9.17, 15) is 4.79 Å². The van der Waals surface area contributed by atoms with Crippen molar-refractivity contribution in [2.45, 2.75) is 13.0 Å². The summed E-state index contributed by atoms with van der Waals surface area (Å²) in [4.78, 5) is 26.9. The first-order valence-electron chi connectivity index (χ1n) is 9.54. The van der Waals surface area contributed by atoms with Crippen LogP contribution in [0.25, 0.3) is 22.6 Å². The van der Waals surface area contributed by atoms with Crippen LogP contribution in [0.5, 0.6) is 0 Å². The predicted octanol–water partition coefficient (Wildman–Crippen LogP) is 4.45. The van der Waals surface area contributed by atoms with E-state index in [-0.39, 0.29) is 11.9 Å². The summed E-state index contributed by atoms with van der Waals surface area (Å²) in [6, 6.07) is 8.68. The van der Waals surface area contributed by atoms with Crippen LogP contribution < -0.4 is 10.6 Å². The summed E-state index contributed by atoms with van der Waals surface area (Å²) in [5.74, 6) is 0.887. The summed E-state index contributed by atoms with van der Waals surface area (Å²) in [5, 5.41) is 5.30. The van der Waals surface area contributed by atoms with E-state index in [4.69, 9.17) is 28.9 Å². The largest absolute Gasteiger partial charge is 0.384 e. The molecule has 1 aliphatic heterocycles. The van der Waals surface area contributed by atoms with Crippen LogP contribution in [0.15, 0.2) is 48.9 Å². The van der Waals surface area contributed by atoms with E-state index in [2.05, 4.69) is 20.1 Å². The highest BCUT2D eigenvalue weighted by molar-refractivity contribution is 6.42. The van der Waals surface area contributed by atoms with Gasteiger partial charge in [0.1, 0.15) is 17.3 Å². The fraction of sp³-hybridized carbons (Fsp3) is 0.143. The summed E-state index contributed by atoms with van der Waals surface area (Å²) in [6.45, 7) is 2.48. The zero-order valence-electron chi connectivity index (χ0n) is 16.4. The van der Waals surface area contributed by atoms with E-state index in [1.165, 1.54) is 0 Å². The van der Waals surface area contributed by atoms with Gasteiger partial charge >= 0.3 is 0 Å². The normalized spacial score (nSPS) is 15.9. The van der Waals surface area contributed by atoms with Crippen molar-refractivity contribution < 1.29 is 4.79 Å².